The maximum Gasteiger partial charge on any atom is 0.309 e. The lowest BCUT2D eigenvalue weighted by molar-refractivity contribution is -0.149. The highest BCUT2D eigenvalue weighted by atomic mass is 16.5. The number of hydrogen-bond acceptors (Lipinski definition) is 8. The van der Waals surface area contributed by atoms with Crippen molar-refractivity contribution in [3.05, 3.63) is 81.9 Å². The maximum absolute atomic E-state index is 13.4. The van der Waals surface area contributed by atoms with Crippen LogP contribution in [0.25, 0.3) is 10.9 Å². The van der Waals surface area contributed by atoms with E-state index < -0.39 is 6.04 Å². The summed E-state index contributed by atoms with van der Waals surface area (Å²) >= 11 is 0. The molecule has 38 heavy (non-hydrogen) atoms. The van der Waals surface area contributed by atoms with Crippen molar-refractivity contribution < 1.29 is 14.3 Å². The Morgan fingerprint density at radius 3 is 2.66 bits per heavy atom. The van der Waals surface area contributed by atoms with Gasteiger partial charge in [0.2, 0.25) is 0 Å². The zero-order valence-electron chi connectivity index (χ0n) is 21.7. The number of aromatic amines is 1. The fraction of sp³-hybridized carbons (Fsp3) is 0.393. The van der Waals surface area contributed by atoms with Gasteiger partial charge in [0.05, 0.1) is 19.6 Å². The summed E-state index contributed by atoms with van der Waals surface area (Å²) in [6.45, 7) is 3.97. The lowest BCUT2D eigenvalue weighted by Crippen LogP contribution is -2.42. The molecule has 5 rings (SSSR count). The smallest absolute Gasteiger partial charge is 0.309 e. The minimum absolute atomic E-state index is 0.153. The third-order valence-corrected chi connectivity index (χ3v) is 7.15. The molecule has 0 bridgehead atoms. The largest absolute Gasteiger partial charge is 0.497 e. The van der Waals surface area contributed by atoms with Gasteiger partial charge in [-0.15, -0.1) is 5.10 Å². The molecule has 1 N–H and O–H groups in total. The Balaban J connectivity index is 1.51. The molecule has 0 spiro atoms. The molecule has 2 aromatic heterocycles. The summed E-state index contributed by atoms with van der Waals surface area (Å²) < 4.78 is 12.4. The molecule has 4 aromatic rings. The molecule has 198 valence electrons. The number of tetrazole rings is 1. The normalized spacial score (nSPS) is 15.4. The Kier molecular flexibility index (Phi) is 7.78. The third kappa shape index (κ3) is 5.45. The first-order valence-corrected chi connectivity index (χ1v) is 13.0. The van der Waals surface area contributed by atoms with E-state index in [1.54, 1.807) is 11.8 Å². The van der Waals surface area contributed by atoms with E-state index in [1.165, 1.54) is 5.56 Å². The predicted octanol–water partition coefficient (Wildman–Crippen LogP) is 3.13. The Hall–Kier alpha value is -4.05. The van der Waals surface area contributed by atoms with Crippen molar-refractivity contribution in [2.24, 2.45) is 5.92 Å². The van der Waals surface area contributed by atoms with Crippen molar-refractivity contribution in [2.75, 3.05) is 26.8 Å². The van der Waals surface area contributed by atoms with Crippen LogP contribution in [0.1, 0.15) is 42.8 Å². The number of piperidine rings is 1. The second kappa shape index (κ2) is 11.6. The number of carbonyl (C=O) groups is 1. The molecule has 1 fully saturated rings. The van der Waals surface area contributed by atoms with Crippen molar-refractivity contribution in [3.8, 4) is 5.75 Å². The van der Waals surface area contributed by atoms with Crippen LogP contribution in [-0.4, -0.2) is 62.9 Å². The Morgan fingerprint density at radius 1 is 1.13 bits per heavy atom. The second-order valence-electron chi connectivity index (χ2n) is 9.47. The van der Waals surface area contributed by atoms with Gasteiger partial charge >= 0.3 is 5.97 Å². The number of ether oxygens (including phenoxy) is 2. The lowest BCUT2D eigenvalue weighted by atomic mass is 9.94. The number of nitrogens with one attached hydrogen (secondary N) is 1. The first kappa shape index (κ1) is 25.6. The van der Waals surface area contributed by atoms with Crippen LogP contribution in [0, 0.1) is 5.92 Å². The molecule has 10 nitrogen and oxygen atoms in total. The average molecular weight is 517 g/mol. The van der Waals surface area contributed by atoms with Crippen LogP contribution in [-0.2, 0) is 22.5 Å². The van der Waals surface area contributed by atoms with Crippen molar-refractivity contribution >= 4 is 16.9 Å². The van der Waals surface area contributed by atoms with Crippen molar-refractivity contribution in [2.45, 2.75) is 38.8 Å². The van der Waals surface area contributed by atoms with Crippen molar-refractivity contribution in [1.82, 2.24) is 30.1 Å². The van der Waals surface area contributed by atoms with E-state index >= 15 is 0 Å². The summed E-state index contributed by atoms with van der Waals surface area (Å²) in [5, 5.41) is 13.5. The van der Waals surface area contributed by atoms with Crippen LogP contribution < -0.4 is 10.3 Å². The van der Waals surface area contributed by atoms with Crippen molar-refractivity contribution in [3.63, 3.8) is 0 Å². The van der Waals surface area contributed by atoms with Crippen LogP contribution >= 0.6 is 0 Å². The van der Waals surface area contributed by atoms with Gasteiger partial charge in [-0.1, -0.05) is 30.3 Å². The Labute approximate surface area is 220 Å². The molecule has 2 aromatic carbocycles. The number of esters is 1. The van der Waals surface area contributed by atoms with Gasteiger partial charge in [0.25, 0.3) is 5.56 Å². The van der Waals surface area contributed by atoms with E-state index in [1.807, 2.05) is 49.4 Å². The molecule has 0 saturated carbocycles. The summed E-state index contributed by atoms with van der Waals surface area (Å²) in [7, 11) is 1.62. The molecule has 0 amide bonds. The number of fused-ring (bicyclic) bond motifs is 1. The fourth-order valence-electron chi connectivity index (χ4n) is 5.13. The number of rotatable bonds is 9. The monoisotopic (exact) mass is 516 g/mol. The number of benzene rings is 2. The molecule has 0 unspecified atom stereocenters. The predicted molar refractivity (Wildman–Crippen MR) is 142 cm³/mol. The van der Waals surface area contributed by atoms with Gasteiger partial charge in [0.15, 0.2) is 5.82 Å². The number of pyridine rings is 1. The van der Waals surface area contributed by atoms with E-state index in [0.717, 1.165) is 17.3 Å². The van der Waals surface area contributed by atoms with Gasteiger partial charge in [-0.2, -0.15) is 0 Å². The average Bonchev–Trinajstić information content (AvgIpc) is 3.41. The van der Waals surface area contributed by atoms with E-state index in [-0.39, 0.29) is 17.4 Å². The van der Waals surface area contributed by atoms with Gasteiger partial charge in [-0.05, 0) is 66.4 Å². The molecule has 1 aliphatic rings. The first-order valence-electron chi connectivity index (χ1n) is 13.0. The Morgan fingerprint density at radius 2 is 1.92 bits per heavy atom. The fourth-order valence-corrected chi connectivity index (χ4v) is 5.13. The lowest BCUT2D eigenvalue weighted by Gasteiger charge is -2.36. The molecule has 10 heteroatoms. The first-order chi connectivity index (χ1) is 18.6. The summed E-state index contributed by atoms with van der Waals surface area (Å²) in [5.41, 5.74) is 2.26. The van der Waals surface area contributed by atoms with E-state index in [0.29, 0.717) is 56.2 Å². The zero-order chi connectivity index (χ0) is 26.5. The number of hydrogen-bond donors (Lipinski definition) is 1. The topological polar surface area (TPSA) is 115 Å². The summed E-state index contributed by atoms with van der Waals surface area (Å²) in [5.74, 6) is 0.991. The number of nitrogens with zero attached hydrogens (tertiary/aromatic N) is 5. The SMILES string of the molecule is CCOC(=O)C1CCN([C@H](c2cc3cc(OC)ccc3[nH]c2=O)c2nnnn2CCc2ccccc2)CC1. The highest BCUT2D eigenvalue weighted by Crippen LogP contribution is 2.32. The standard InChI is InChI=1S/C28H32N6O4/c1-3-38-28(36)20-12-14-33(15-13-20)25(23-18-21-17-22(37-2)9-10-24(21)29-27(23)35)26-30-31-32-34(26)16-11-19-7-5-4-6-8-19/h4-10,17-18,20,25H,3,11-16H2,1-2H3,(H,29,35)/t25-/m1/s1. The maximum atomic E-state index is 13.4. The van der Waals surface area contributed by atoms with Crippen LogP contribution in [0.5, 0.6) is 5.75 Å². The van der Waals surface area contributed by atoms with Gasteiger partial charge < -0.3 is 14.5 Å². The van der Waals surface area contributed by atoms with E-state index in [4.69, 9.17) is 9.47 Å². The second-order valence-corrected chi connectivity index (χ2v) is 9.47. The van der Waals surface area contributed by atoms with Crippen molar-refractivity contribution in [1.29, 1.82) is 0 Å². The van der Waals surface area contributed by atoms with Gasteiger partial charge in [0.1, 0.15) is 11.8 Å². The molecular weight excluding hydrogens is 484 g/mol. The van der Waals surface area contributed by atoms with Gasteiger partial charge in [-0.25, -0.2) is 4.68 Å². The van der Waals surface area contributed by atoms with Gasteiger partial charge in [-0.3, -0.25) is 14.5 Å². The van der Waals surface area contributed by atoms with Crippen LogP contribution in [0.2, 0.25) is 0 Å². The molecule has 1 aliphatic heterocycles. The number of aryl methyl sites for hydroxylation is 2. The molecular formula is C28H32N6O4. The molecule has 1 saturated heterocycles. The minimum Gasteiger partial charge on any atom is -0.497 e. The van der Waals surface area contributed by atoms with Crippen LogP contribution in [0.15, 0.2) is 59.4 Å². The molecule has 3 heterocycles. The van der Waals surface area contributed by atoms with Crippen LogP contribution in [0.4, 0.5) is 0 Å². The third-order valence-electron chi connectivity index (χ3n) is 7.15. The van der Waals surface area contributed by atoms with Gasteiger partial charge in [0, 0.05) is 36.1 Å². The summed E-state index contributed by atoms with van der Waals surface area (Å²) in [4.78, 5) is 31.0. The quantitative estimate of drug-likeness (QED) is 0.338. The molecule has 0 aliphatic carbocycles. The number of methoxy groups -OCH3 is 1. The number of carbonyl (C=O) groups excluding carboxylic acids is 1. The van der Waals surface area contributed by atoms with E-state index in [9.17, 15) is 9.59 Å². The Bertz CT molecular complexity index is 1440. The number of H-pyrrole nitrogens is 1. The summed E-state index contributed by atoms with van der Waals surface area (Å²) in [6.07, 6.45) is 2.03. The summed E-state index contributed by atoms with van der Waals surface area (Å²) in [6, 6.07) is 17.1. The minimum atomic E-state index is -0.483. The molecule has 0 radical (unpaired) electrons. The number of aromatic nitrogens is 5. The van der Waals surface area contributed by atoms with E-state index in [2.05, 4.69) is 37.5 Å². The number of likely N-dealkylation sites (tertiary alicyclic amines) is 1. The highest BCUT2D eigenvalue weighted by molar-refractivity contribution is 5.80. The molecule has 1 atom stereocenters. The van der Waals surface area contributed by atoms with Crippen LogP contribution in [0.3, 0.4) is 0 Å². The highest BCUT2D eigenvalue weighted by Gasteiger charge is 2.35. The zero-order valence-corrected chi connectivity index (χ0v) is 21.7.